The number of carbonyl (C=O) groups is 2. The smallest absolute Gasteiger partial charge is 0.254 e. The van der Waals surface area contributed by atoms with Crippen molar-refractivity contribution < 1.29 is 18.7 Å². The molecule has 4 aromatic rings. The van der Waals surface area contributed by atoms with E-state index in [1.807, 2.05) is 35.9 Å². The molecule has 0 saturated carbocycles. The number of piperazine rings is 1. The molecule has 184 valence electrons. The van der Waals surface area contributed by atoms with Crippen molar-refractivity contribution in [1.82, 2.24) is 19.2 Å². The zero-order valence-electron chi connectivity index (χ0n) is 20.3. The molecule has 1 saturated heterocycles. The number of pyridine rings is 1. The summed E-state index contributed by atoms with van der Waals surface area (Å²) in [4.78, 5) is 33.7. The van der Waals surface area contributed by atoms with Gasteiger partial charge in [-0.3, -0.25) is 9.59 Å². The second kappa shape index (κ2) is 9.81. The molecule has 2 aromatic carbocycles. The van der Waals surface area contributed by atoms with Crippen molar-refractivity contribution >= 4 is 17.5 Å². The minimum absolute atomic E-state index is 0.0918. The Kier molecular flexibility index (Phi) is 6.41. The van der Waals surface area contributed by atoms with Gasteiger partial charge in [0.25, 0.3) is 11.8 Å². The predicted octanol–water partition coefficient (Wildman–Crippen LogP) is 4.27. The molecule has 0 bridgehead atoms. The number of nitrogens with zero attached hydrogens (tertiary/aromatic N) is 4. The van der Waals surface area contributed by atoms with E-state index in [-0.39, 0.29) is 11.8 Å². The van der Waals surface area contributed by atoms with Crippen LogP contribution in [0.25, 0.3) is 5.65 Å². The van der Waals surface area contributed by atoms with Crippen LogP contribution >= 0.6 is 0 Å². The number of imidazole rings is 1. The number of aryl methyl sites for hydroxylation is 2. The Morgan fingerprint density at radius 3 is 2.17 bits per heavy atom. The summed E-state index contributed by atoms with van der Waals surface area (Å²) < 4.78 is 21.7. The van der Waals surface area contributed by atoms with Gasteiger partial charge in [0, 0.05) is 49.7 Å². The first-order chi connectivity index (χ1) is 17.4. The third kappa shape index (κ3) is 4.79. The van der Waals surface area contributed by atoms with Gasteiger partial charge in [0.1, 0.15) is 23.8 Å². The molecule has 1 fully saturated rings. The number of amides is 2. The second-order valence-corrected chi connectivity index (χ2v) is 9.02. The standard InChI is InChI=1S/C28H27FN4O3/c1-19-5-6-22(16-25(19)29)28(35)32-14-12-31(13-15-32)27(34)21-7-9-24(10-8-21)36-18-23-17-33-11-3-4-20(2)26(33)30-23/h3-11,16-17H,12-15,18H2,1-2H3. The maximum absolute atomic E-state index is 13.8. The van der Waals surface area contributed by atoms with Crippen LogP contribution in [0, 0.1) is 19.7 Å². The fourth-order valence-electron chi connectivity index (χ4n) is 4.33. The molecule has 7 nitrogen and oxygen atoms in total. The molecular weight excluding hydrogens is 459 g/mol. The van der Waals surface area contributed by atoms with Crippen molar-refractivity contribution in [1.29, 1.82) is 0 Å². The molecule has 2 amide bonds. The molecule has 8 heteroatoms. The summed E-state index contributed by atoms with van der Waals surface area (Å²) in [5, 5.41) is 0. The number of hydrogen-bond donors (Lipinski definition) is 0. The van der Waals surface area contributed by atoms with Crippen molar-refractivity contribution in [3.8, 4) is 5.75 Å². The van der Waals surface area contributed by atoms with E-state index in [2.05, 4.69) is 4.98 Å². The van der Waals surface area contributed by atoms with E-state index in [4.69, 9.17) is 4.74 Å². The molecule has 3 heterocycles. The van der Waals surface area contributed by atoms with Gasteiger partial charge in [-0.1, -0.05) is 12.1 Å². The van der Waals surface area contributed by atoms with Gasteiger partial charge in [0.2, 0.25) is 0 Å². The minimum Gasteiger partial charge on any atom is -0.487 e. The Morgan fingerprint density at radius 1 is 0.889 bits per heavy atom. The van der Waals surface area contributed by atoms with E-state index in [1.54, 1.807) is 53.1 Å². The van der Waals surface area contributed by atoms with E-state index in [1.165, 1.54) is 6.07 Å². The number of carbonyl (C=O) groups excluding carboxylic acids is 2. The van der Waals surface area contributed by atoms with Gasteiger partial charge >= 0.3 is 0 Å². The number of rotatable bonds is 5. The summed E-state index contributed by atoms with van der Waals surface area (Å²) in [7, 11) is 0. The largest absolute Gasteiger partial charge is 0.487 e. The van der Waals surface area contributed by atoms with Crippen LogP contribution in [0.1, 0.15) is 37.5 Å². The monoisotopic (exact) mass is 486 g/mol. The normalized spacial score (nSPS) is 13.8. The summed E-state index contributed by atoms with van der Waals surface area (Å²) in [5.74, 6) is -0.0502. The van der Waals surface area contributed by atoms with Crippen LogP contribution in [0.3, 0.4) is 0 Å². The highest BCUT2D eigenvalue weighted by Crippen LogP contribution is 2.18. The fraction of sp³-hybridized carbons (Fsp3) is 0.250. The van der Waals surface area contributed by atoms with E-state index in [0.29, 0.717) is 55.2 Å². The lowest BCUT2D eigenvalue weighted by atomic mass is 10.1. The molecule has 36 heavy (non-hydrogen) atoms. The maximum atomic E-state index is 13.8. The number of ether oxygens (including phenoxy) is 1. The van der Waals surface area contributed by atoms with Crippen molar-refractivity contribution in [2.75, 3.05) is 26.2 Å². The first-order valence-electron chi connectivity index (χ1n) is 11.9. The average molecular weight is 487 g/mol. The lowest BCUT2D eigenvalue weighted by Gasteiger charge is -2.35. The Hall–Kier alpha value is -4.20. The van der Waals surface area contributed by atoms with Gasteiger partial charge in [-0.15, -0.1) is 0 Å². The molecule has 2 aromatic heterocycles. The Morgan fingerprint density at radius 2 is 1.53 bits per heavy atom. The summed E-state index contributed by atoms with van der Waals surface area (Å²) in [6.07, 6.45) is 3.90. The van der Waals surface area contributed by atoms with Gasteiger partial charge in [-0.2, -0.15) is 0 Å². The summed E-state index contributed by atoms with van der Waals surface area (Å²) in [5.41, 5.74) is 4.22. The Balaban J connectivity index is 1.15. The molecule has 0 spiro atoms. The molecule has 1 aliphatic rings. The van der Waals surface area contributed by atoms with Crippen molar-refractivity contribution in [2.45, 2.75) is 20.5 Å². The first kappa shape index (κ1) is 23.5. The van der Waals surface area contributed by atoms with Crippen LogP contribution in [0.2, 0.25) is 0 Å². The van der Waals surface area contributed by atoms with E-state index in [9.17, 15) is 14.0 Å². The molecule has 0 N–H and O–H groups in total. The number of fused-ring (bicyclic) bond motifs is 1. The van der Waals surface area contributed by atoms with Gasteiger partial charge in [-0.25, -0.2) is 9.37 Å². The molecule has 0 radical (unpaired) electrons. The van der Waals surface area contributed by atoms with Gasteiger partial charge < -0.3 is 18.9 Å². The topological polar surface area (TPSA) is 67.2 Å². The lowest BCUT2D eigenvalue weighted by Crippen LogP contribution is -2.50. The van der Waals surface area contributed by atoms with E-state index < -0.39 is 5.82 Å². The quantitative estimate of drug-likeness (QED) is 0.423. The molecule has 1 aliphatic heterocycles. The van der Waals surface area contributed by atoms with Crippen LogP contribution in [0.15, 0.2) is 67.0 Å². The Labute approximate surface area is 208 Å². The van der Waals surface area contributed by atoms with E-state index in [0.717, 1.165) is 16.9 Å². The van der Waals surface area contributed by atoms with Crippen LogP contribution in [-0.4, -0.2) is 57.2 Å². The second-order valence-electron chi connectivity index (χ2n) is 9.02. The van der Waals surface area contributed by atoms with Crippen LogP contribution in [0.5, 0.6) is 5.75 Å². The summed E-state index contributed by atoms with van der Waals surface area (Å²) in [6, 6.07) is 15.6. The van der Waals surface area contributed by atoms with Gasteiger partial charge in [0.05, 0.1) is 5.69 Å². The van der Waals surface area contributed by atoms with Crippen LogP contribution in [-0.2, 0) is 6.61 Å². The highest BCUT2D eigenvalue weighted by Gasteiger charge is 2.26. The van der Waals surface area contributed by atoms with Crippen LogP contribution in [0.4, 0.5) is 4.39 Å². The van der Waals surface area contributed by atoms with Crippen LogP contribution < -0.4 is 4.74 Å². The molecule has 0 atom stereocenters. The first-order valence-corrected chi connectivity index (χ1v) is 11.9. The zero-order chi connectivity index (χ0) is 25.2. The Bertz CT molecular complexity index is 1420. The van der Waals surface area contributed by atoms with Gasteiger partial charge in [0.15, 0.2) is 0 Å². The number of benzene rings is 2. The molecule has 5 rings (SSSR count). The van der Waals surface area contributed by atoms with Crippen molar-refractivity contribution in [3.63, 3.8) is 0 Å². The number of hydrogen-bond acceptors (Lipinski definition) is 4. The lowest BCUT2D eigenvalue weighted by molar-refractivity contribution is 0.0535. The molecule has 0 aliphatic carbocycles. The van der Waals surface area contributed by atoms with Crippen molar-refractivity contribution in [2.24, 2.45) is 0 Å². The number of halogens is 1. The average Bonchev–Trinajstić information content (AvgIpc) is 3.33. The molecule has 0 unspecified atom stereocenters. The van der Waals surface area contributed by atoms with E-state index >= 15 is 0 Å². The third-order valence-corrected chi connectivity index (χ3v) is 6.49. The molecular formula is C28H27FN4O3. The zero-order valence-corrected chi connectivity index (χ0v) is 20.3. The minimum atomic E-state index is -0.393. The fourth-order valence-corrected chi connectivity index (χ4v) is 4.33. The highest BCUT2D eigenvalue weighted by atomic mass is 19.1. The highest BCUT2D eigenvalue weighted by molar-refractivity contribution is 5.96. The maximum Gasteiger partial charge on any atom is 0.254 e. The third-order valence-electron chi connectivity index (χ3n) is 6.49. The summed E-state index contributed by atoms with van der Waals surface area (Å²) >= 11 is 0. The van der Waals surface area contributed by atoms with Crippen molar-refractivity contribution in [3.05, 3.63) is 101 Å². The summed E-state index contributed by atoms with van der Waals surface area (Å²) in [6.45, 7) is 5.66. The SMILES string of the molecule is Cc1ccc(C(=O)N2CCN(C(=O)c3ccc(OCc4cn5cccc(C)c5n4)cc3)CC2)cc1F. The van der Waals surface area contributed by atoms with Gasteiger partial charge in [-0.05, 0) is 67.4 Å². The number of aromatic nitrogens is 2. The predicted molar refractivity (Wildman–Crippen MR) is 134 cm³/mol.